The standard InChI is InChI=1S/C14H17FN2S/c1-10-3-8-14(18-10)13(9-16)17(2)12-6-4-11(15)5-7-12/h3-8,13H,9,16H2,1-2H3. The first-order chi connectivity index (χ1) is 8.61. The second kappa shape index (κ2) is 5.50. The zero-order valence-corrected chi connectivity index (χ0v) is 11.4. The topological polar surface area (TPSA) is 29.3 Å². The van der Waals surface area contributed by atoms with Crippen LogP contribution >= 0.6 is 11.3 Å². The number of hydrogen-bond donors (Lipinski definition) is 1. The number of halogens is 1. The maximum absolute atomic E-state index is 12.9. The van der Waals surface area contributed by atoms with Crippen molar-refractivity contribution >= 4 is 17.0 Å². The van der Waals surface area contributed by atoms with Gasteiger partial charge in [-0.2, -0.15) is 0 Å². The highest BCUT2D eigenvalue weighted by atomic mass is 32.1. The van der Waals surface area contributed by atoms with Gasteiger partial charge in [0, 0.05) is 29.0 Å². The van der Waals surface area contributed by atoms with Crippen molar-refractivity contribution in [1.29, 1.82) is 0 Å². The molecular formula is C14H17FN2S. The van der Waals surface area contributed by atoms with Crippen molar-refractivity contribution in [3.63, 3.8) is 0 Å². The van der Waals surface area contributed by atoms with Crippen LogP contribution in [0.2, 0.25) is 0 Å². The molecule has 0 fully saturated rings. The second-order valence-electron chi connectivity index (χ2n) is 4.29. The Morgan fingerprint density at radius 3 is 2.39 bits per heavy atom. The van der Waals surface area contributed by atoms with Gasteiger partial charge in [0.1, 0.15) is 5.82 Å². The fraction of sp³-hybridized carbons (Fsp3) is 0.286. The third-order valence-electron chi connectivity index (χ3n) is 3.01. The number of rotatable bonds is 4. The molecule has 1 aromatic carbocycles. The van der Waals surface area contributed by atoms with E-state index in [0.29, 0.717) is 6.54 Å². The van der Waals surface area contributed by atoms with Gasteiger partial charge >= 0.3 is 0 Å². The van der Waals surface area contributed by atoms with E-state index in [1.807, 2.05) is 7.05 Å². The lowest BCUT2D eigenvalue weighted by Crippen LogP contribution is -2.29. The number of nitrogens with two attached hydrogens (primary N) is 1. The number of benzene rings is 1. The van der Waals surface area contributed by atoms with Crippen LogP contribution in [-0.4, -0.2) is 13.6 Å². The van der Waals surface area contributed by atoms with Crippen molar-refractivity contribution in [3.8, 4) is 0 Å². The zero-order chi connectivity index (χ0) is 13.1. The first-order valence-electron chi connectivity index (χ1n) is 5.86. The molecule has 0 aliphatic rings. The summed E-state index contributed by atoms with van der Waals surface area (Å²) in [6, 6.07) is 10.8. The summed E-state index contributed by atoms with van der Waals surface area (Å²) in [5.41, 5.74) is 6.84. The highest BCUT2D eigenvalue weighted by Crippen LogP contribution is 2.29. The van der Waals surface area contributed by atoms with E-state index in [1.54, 1.807) is 23.5 Å². The number of anilines is 1. The molecule has 1 atom stereocenters. The predicted octanol–water partition coefficient (Wildman–Crippen LogP) is 3.33. The van der Waals surface area contributed by atoms with Crippen LogP contribution < -0.4 is 10.6 Å². The van der Waals surface area contributed by atoms with Gasteiger partial charge in [-0.3, -0.25) is 0 Å². The predicted molar refractivity (Wildman–Crippen MR) is 75.7 cm³/mol. The molecule has 0 spiro atoms. The molecule has 2 nitrogen and oxygen atoms in total. The molecular weight excluding hydrogens is 247 g/mol. The minimum absolute atomic E-state index is 0.133. The van der Waals surface area contributed by atoms with Crippen LogP contribution in [0.1, 0.15) is 15.8 Å². The molecule has 0 radical (unpaired) electrons. The Morgan fingerprint density at radius 1 is 1.22 bits per heavy atom. The second-order valence-corrected chi connectivity index (χ2v) is 5.61. The Balaban J connectivity index is 2.25. The number of aryl methyl sites for hydroxylation is 1. The van der Waals surface area contributed by atoms with Crippen molar-refractivity contribution < 1.29 is 4.39 Å². The average Bonchev–Trinajstić information content (AvgIpc) is 2.77. The largest absolute Gasteiger partial charge is 0.365 e. The Hall–Kier alpha value is -1.39. The van der Waals surface area contributed by atoms with E-state index in [0.717, 1.165) is 5.69 Å². The molecule has 2 rings (SSSR count). The normalized spacial score (nSPS) is 12.4. The lowest BCUT2D eigenvalue weighted by atomic mass is 10.2. The highest BCUT2D eigenvalue weighted by molar-refractivity contribution is 7.12. The Morgan fingerprint density at radius 2 is 1.89 bits per heavy atom. The van der Waals surface area contributed by atoms with Crippen LogP contribution in [0.3, 0.4) is 0 Å². The molecule has 2 aromatic rings. The molecule has 0 aliphatic carbocycles. The zero-order valence-electron chi connectivity index (χ0n) is 10.6. The maximum atomic E-state index is 12.9. The van der Waals surface area contributed by atoms with Gasteiger partial charge in [0.2, 0.25) is 0 Å². The summed E-state index contributed by atoms with van der Waals surface area (Å²) < 4.78 is 12.9. The fourth-order valence-corrected chi connectivity index (χ4v) is 2.99. The molecule has 4 heteroatoms. The minimum atomic E-state index is -0.219. The molecule has 1 unspecified atom stereocenters. The SMILES string of the molecule is Cc1ccc(C(CN)N(C)c2ccc(F)cc2)s1. The van der Waals surface area contributed by atoms with Gasteiger partial charge in [0.05, 0.1) is 6.04 Å². The van der Waals surface area contributed by atoms with Crippen molar-refractivity contribution in [1.82, 2.24) is 0 Å². The quantitative estimate of drug-likeness (QED) is 0.917. The number of hydrogen-bond acceptors (Lipinski definition) is 3. The first-order valence-corrected chi connectivity index (χ1v) is 6.68. The van der Waals surface area contributed by atoms with Crippen LogP contribution in [0.5, 0.6) is 0 Å². The van der Waals surface area contributed by atoms with Gasteiger partial charge < -0.3 is 10.6 Å². The van der Waals surface area contributed by atoms with Crippen LogP contribution in [0.25, 0.3) is 0 Å². The molecule has 1 aromatic heterocycles. The third-order valence-corrected chi connectivity index (χ3v) is 4.12. The van der Waals surface area contributed by atoms with Crippen LogP contribution in [0, 0.1) is 12.7 Å². The van der Waals surface area contributed by atoms with E-state index in [2.05, 4.69) is 24.0 Å². The van der Waals surface area contributed by atoms with E-state index >= 15 is 0 Å². The Labute approximate surface area is 111 Å². The summed E-state index contributed by atoms with van der Waals surface area (Å²) in [6.07, 6.45) is 0. The van der Waals surface area contributed by atoms with Gasteiger partial charge in [-0.05, 0) is 43.3 Å². The lowest BCUT2D eigenvalue weighted by molar-refractivity contribution is 0.626. The van der Waals surface area contributed by atoms with E-state index in [1.165, 1.54) is 21.9 Å². The maximum Gasteiger partial charge on any atom is 0.123 e. The molecule has 2 N–H and O–H groups in total. The van der Waals surface area contributed by atoms with Gasteiger partial charge in [-0.1, -0.05) is 0 Å². The molecule has 0 saturated carbocycles. The van der Waals surface area contributed by atoms with E-state index in [9.17, 15) is 4.39 Å². The summed E-state index contributed by atoms with van der Waals surface area (Å²) in [4.78, 5) is 4.60. The summed E-state index contributed by atoms with van der Waals surface area (Å²) in [7, 11) is 1.99. The van der Waals surface area contributed by atoms with E-state index < -0.39 is 0 Å². The monoisotopic (exact) mass is 264 g/mol. The molecule has 1 heterocycles. The molecule has 96 valence electrons. The minimum Gasteiger partial charge on any atom is -0.365 e. The number of thiophene rings is 1. The van der Waals surface area contributed by atoms with Crippen LogP contribution in [0.15, 0.2) is 36.4 Å². The van der Waals surface area contributed by atoms with Crippen LogP contribution in [0.4, 0.5) is 10.1 Å². The third kappa shape index (κ3) is 2.71. The molecule has 0 aliphatic heterocycles. The first kappa shape index (κ1) is 13.1. The summed E-state index contributed by atoms with van der Waals surface area (Å²) >= 11 is 1.75. The van der Waals surface area contributed by atoms with Crippen molar-refractivity contribution in [2.45, 2.75) is 13.0 Å². The van der Waals surface area contributed by atoms with Gasteiger partial charge in [-0.25, -0.2) is 4.39 Å². The molecule has 0 saturated heterocycles. The summed E-state index contributed by atoms with van der Waals surface area (Å²) in [5, 5.41) is 0. The molecule has 0 amide bonds. The Kier molecular flexibility index (Phi) is 3.99. The summed E-state index contributed by atoms with van der Waals surface area (Å²) in [6.45, 7) is 2.62. The van der Waals surface area contributed by atoms with Crippen molar-refractivity contribution in [3.05, 3.63) is 52.0 Å². The highest BCUT2D eigenvalue weighted by Gasteiger charge is 2.17. The van der Waals surface area contributed by atoms with Crippen molar-refractivity contribution in [2.75, 3.05) is 18.5 Å². The van der Waals surface area contributed by atoms with Gasteiger partial charge in [-0.15, -0.1) is 11.3 Å². The van der Waals surface area contributed by atoms with E-state index in [-0.39, 0.29) is 11.9 Å². The molecule has 0 bridgehead atoms. The fourth-order valence-electron chi connectivity index (χ4n) is 1.95. The number of nitrogens with zero attached hydrogens (tertiary/aromatic N) is 1. The average molecular weight is 264 g/mol. The lowest BCUT2D eigenvalue weighted by Gasteiger charge is -2.28. The van der Waals surface area contributed by atoms with Gasteiger partial charge in [0.15, 0.2) is 0 Å². The van der Waals surface area contributed by atoms with Crippen molar-refractivity contribution in [2.24, 2.45) is 5.73 Å². The summed E-state index contributed by atoms with van der Waals surface area (Å²) in [5.74, 6) is -0.219. The van der Waals surface area contributed by atoms with Gasteiger partial charge in [0.25, 0.3) is 0 Å². The Bertz CT molecular complexity index is 507. The van der Waals surface area contributed by atoms with Crippen LogP contribution in [-0.2, 0) is 0 Å². The number of likely N-dealkylation sites (N-methyl/N-ethyl adjacent to an activating group) is 1. The smallest absolute Gasteiger partial charge is 0.123 e. The molecule has 18 heavy (non-hydrogen) atoms. The van der Waals surface area contributed by atoms with E-state index in [4.69, 9.17) is 5.73 Å².